The number of hydrogen-bond acceptors (Lipinski definition) is 3. The van der Waals surface area contributed by atoms with Gasteiger partial charge in [-0.1, -0.05) is 12.1 Å². The number of hydrogen-bond donors (Lipinski definition) is 1. The van der Waals surface area contributed by atoms with Crippen molar-refractivity contribution in [3.63, 3.8) is 0 Å². The monoisotopic (exact) mass is 275 g/mol. The van der Waals surface area contributed by atoms with Gasteiger partial charge < -0.3 is 14.8 Å². The van der Waals surface area contributed by atoms with Gasteiger partial charge in [0.15, 0.2) is 5.75 Å². The van der Waals surface area contributed by atoms with E-state index >= 15 is 0 Å². The average molecular weight is 275 g/mol. The fourth-order valence-corrected chi connectivity index (χ4v) is 2.15. The van der Waals surface area contributed by atoms with Gasteiger partial charge in [-0.3, -0.25) is 0 Å². The van der Waals surface area contributed by atoms with Crippen LogP contribution in [0.15, 0.2) is 24.3 Å². The quantitative estimate of drug-likeness (QED) is 0.914. The third-order valence-electron chi connectivity index (χ3n) is 2.96. The Kier molecular flexibility index (Phi) is 4.19. The van der Waals surface area contributed by atoms with Gasteiger partial charge >= 0.3 is 6.36 Å². The molecule has 1 saturated heterocycles. The summed E-state index contributed by atoms with van der Waals surface area (Å²) in [5.74, 6) is -0.200. The van der Waals surface area contributed by atoms with E-state index < -0.39 is 6.36 Å². The van der Waals surface area contributed by atoms with Gasteiger partial charge in [0.25, 0.3) is 0 Å². The number of halogens is 3. The normalized spacial score (nSPS) is 24.0. The Morgan fingerprint density at radius 1 is 1.32 bits per heavy atom. The van der Waals surface area contributed by atoms with Crippen molar-refractivity contribution in [3.8, 4) is 5.75 Å². The third kappa shape index (κ3) is 4.31. The van der Waals surface area contributed by atoms with E-state index in [1.807, 2.05) is 6.92 Å². The summed E-state index contributed by atoms with van der Waals surface area (Å²) in [5, 5.41) is 3.10. The van der Waals surface area contributed by atoms with Crippen LogP contribution in [0.5, 0.6) is 5.75 Å². The van der Waals surface area contributed by atoms with Crippen LogP contribution in [0.2, 0.25) is 0 Å². The first-order chi connectivity index (χ1) is 8.94. The minimum absolute atomic E-state index is 0.0988. The van der Waals surface area contributed by atoms with Crippen molar-refractivity contribution in [2.45, 2.75) is 38.3 Å². The van der Waals surface area contributed by atoms with Crippen molar-refractivity contribution < 1.29 is 22.6 Å². The summed E-state index contributed by atoms with van der Waals surface area (Å²) in [6.07, 6.45) is -3.03. The molecule has 0 aromatic heterocycles. The summed E-state index contributed by atoms with van der Waals surface area (Å²) in [7, 11) is 0. The third-order valence-corrected chi connectivity index (χ3v) is 2.96. The van der Waals surface area contributed by atoms with Crippen molar-refractivity contribution in [1.82, 2.24) is 0 Å². The minimum atomic E-state index is -4.68. The number of alkyl halides is 3. The van der Waals surface area contributed by atoms with Crippen molar-refractivity contribution in [2.75, 3.05) is 11.9 Å². The molecule has 0 bridgehead atoms. The topological polar surface area (TPSA) is 30.5 Å². The first-order valence-corrected chi connectivity index (χ1v) is 6.17. The van der Waals surface area contributed by atoms with Crippen LogP contribution in [0, 0.1) is 0 Å². The Morgan fingerprint density at radius 2 is 2.05 bits per heavy atom. The zero-order chi connectivity index (χ0) is 13.9. The maximum atomic E-state index is 12.3. The molecular formula is C13H16F3NO2. The number of benzene rings is 1. The van der Waals surface area contributed by atoms with E-state index in [1.165, 1.54) is 12.1 Å². The van der Waals surface area contributed by atoms with E-state index in [4.69, 9.17) is 4.74 Å². The maximum absolute atomic E-state index is 12.3. The van der Waals surface area contributed by atoms with Crippen molar-refractivity contribution >= 4 is 5.69 Å². The van der Waals surface area contributed by atoms with Crippen LogP contribution in [0.3, 0.4) is 0 Å². The van der Waals surface area contributed by atoms with Crippen molar-refractivity contribution in [1.29, 1.82) is 0 Å². The molecule has 2 atom stereocenters. The smallest absolute Gasteiger partial charge is 0.404 e. The van der Waals surface area contributed by atoms with Gasteiger partial charge in [0.1, 0.15) is 0 Å². The van der Waals surface area contributed by atoms with E-state index in [0.717, 1.165) is 12.8 Å². The highest BCUT2D eigenvalue weighted by Crippen LogP contribution is 2.31. The zero-order valence-electron chi connectivity index (χ0n) is 10.5. The second kappa shape index (κ2) is 5.69. The number of anilines is 1. The van der Waals surface area contributed by atoms with E-state index in [-0.39, 0.29) is 17.9 Å². The van der Waals surface area contributed by atoms with Gasteiger partial charge in [-0.05, 0) is 31.9 Å². The van der Waals surface area contributed by atoms with Crippen LogP contribution in [0.1, 0.15) is 19.8 Å². The Morgan fingerprint density at radius 3 is 2.74 bits per heavy atom. The molecule has 0 radical (unpaired) electrons. The molecule has 0 aliphatic carbocycles. The van der Waals surface area contributed by atoms with Crippen LogP contribution in [-0.2, 0) is 4.74 Å². The fraction of sp³-hybridized carbons (Fsp3) is 0.538. The fourth-order valence-electron chi connectivity index (χ4n) is 2.15. The molecule has 1 aromatic carbocycles. The van der Waals surface area contributed by atoms with Crippen LogP contribution in [0.4, 0.5) is 18.9 Å². The second-order valence-corrected chi connectivity index (χ2v) is 4.59. The highest BCUT2D eigenvalue weighted by molar-refractivity contribution is 5.56. The standard InChI is InChI=1S/C13H16F3NO2/c1-9-8-10(6-7-18-9)17-11-4-2-3-5-12(11)19-13(14,15)16/h2-5,9-10,17H,6-8H2,1H3. The lowest BCUT2D eigenvalue weighted by Gasteiger charge is -2.29. The SMILES string of the molecule is CC1CC(Nc2ccccc2OC(F)(F)F)CCO1. The molecule has 6 heteroatoms. The first-order valence-electron chi connectivity index (χ1n) is 6.17. The molecule has 1 fully saturated rings. The number of para-hydroxylation sites is 2. The van der Waals surface area contributed by atoms with Crippen LogP contribution >= 0.6 is 0 Å². The molecule has 1 aromatic rings. The molecular weight excluding hydrogens is 259 g/mol. The molecule has 0 amide bonds. The number of nitrogens with one attached hydrogen (secondary N) is 1. The lowest BCUT2D eigenvalue weighted by molar-refractivity contribution is -0.274. The summed E-state index contributed by atoms with van der Waals surface area (Å²) in [6, 6.07) is 6.18. The Bertz CT molecular complexity index is 423. The molecule has 1 N–H and O–H groups in total. The Balaban J connectivity index is 2.07. The van der Waals surface area contributed by atoms with Crippen LogP contribution < -0.4 is 10.1 Å². The molecule has 1 heterocycles. The highest BCUT2D eigenvalue weighted by Gasteiger charge is 2.32. The Labute approximate surface area is 109 Å². The van der Waals surface area contributed by atoms with E-state index in [2.05, 4.69) is 10.1 Å². The Hall–Kier alpha value is -1.43. The summed E-state index contributed by atoms with van der Waals surface area (Å²) in [6.45, 7) is 2.56. The molecule has 1 aliphatic rings. The summed E-state index contributed by atoms with van der Waals surface area (Å²) < 4.78 is 46.3. The summed E-state index contributed by atoms with van der Waals surface area (Å²) >= 11 is 0. The molecule has 2 rings (SSSR count). The van der Waals surface area contributed by atoms with E-state index in [1.54, 1.807) is 12.1 Å². The van der Waals surface area contributed by atoms with Gasteiger partial charge in [-0.15, -0.1) is 13.2 Å². The molecule has 0 spiro atoms. The predicted octanol–water partition coefficient (Wildman–Crippen LogP) is 3.56. The number of rotatable bonds is 3. The molecule has 2 unspecified atom stereocenters. The lowest BCUT2D eigenvalue weighted by Crippen LogP contribution is -2.32. The van der Waals surface area contributed by atoms with Gasteiger partial charge in [-0.2, -0.15) is 0 Å². The van der Waals surface area contributed by atoms with Gasteiger partial charge in [0, 0.05) is 12.6 Å². The first kappa shape index (κ1) is 14.0. The lowest BCUT2D eigenvalue weighted by atomic mass is 10.0. The predicted molar refractivity (Wildman–Crippen MR) is 65.2 cm³/mol. The second-order valence-electron chi connectivity index (χ2n) is 4.59. The van der Waals surface area contributed by atoms with Crippen molar-refractivity contribution in [2.24, 2.45) is 0 Å². The van der Waals surface area contributed by atoms with Gasteiger partial charge in [0.2, 0.25) is 0 Å². The highest BCUT2D eigenvalue weighted by atomic mass is 19.4. The zero-order valence-corrected chi connectivity index (χ0v) is 10.5. The molecule has 0 saturated carbocycles. The minimum Gasteiger partial charge on any atom is -0.404 e. The molecule has 19 heavy (non-hydrogen) atoms. The molecule has 3 nitrogen and oxygen atoms in total. The average Bonchev–Trinajstić information content (AvgIpc) is 2.30. The van der Waals surface area contributed by atoms with Crippen molar-refractivity contribution in [3.05, 3.63) is 24.3 Å². The summed E-state index contributed by atoms with van der Waals surface area (Å²) in [5.41, 5.74) is 0.360. The summed E-state index contributed by atoms with van der Waals surface area (Å²) in [4.78, 5) is 0. The van der Waals surface area contributed by atoms with Gasteiger partial charge in [-0.25, -0.2) is 0 Å². The van der Waals surface area contributed by atoms with Crippen LogP contribution in [0.25, 0.3) is 0 Å². The molecule has 1 aliphatic heterocycles. The maximum Gasteiger partial charge on any atom is 0.573 e. The molecule has 106 valence electrons. The van der Waals surface area contributed by atoms with Gasteiger partial charge in [0.05, 0.1) is 11.8 Å². The largest absolute Gasteiger partial charge is 0.573 e. The van der Waals surface area contributed by atoms with E-state index in [9.17, 15) is 13.2 Å². The van der Waals surface area contributed by atoms with E-state index in [0.29, 0.717) is 12.3 Å². The number of ether oxygens (including phenoxy) is 2. The van der Waals surface area contributed by atoms with Crippen LogP contribution in [-0.4, -0.2) is 25.1 Å².